The van der Waals surface area contributed by atoms with E-state index in [9.17, 15) is 22.0 Å². The Morgan fingerprint density at radius 2 is 1.68 bits per heavy atom. The van der Waals surface area contributed by atoms with Crippen molar-refractivity contribution in [2.75, 3.05) is 30.1 Å². The third-order valence-corrected chi connectivity index (χ3v) is 5.14. The average Bonchev–Trinajstić information content (AvgIpc) is 2.63. The molecule has 7 nitrogen and oxygen atoms in total. The molecule has 28 heavy (non-hydrogen) atoms. The standard InChI is InChI=1S/C18H20F2N2O5S/c1-11(18(23)21-12-5-8-16(26-2)17(9-12)27-3)22(28(4,24)25)13-6-7-14(19)15(20)10-13/h5-11H,1-4H3,(H,21,23). The van der Waals surface area contributed by atoms with Gasteiger partial charge in [0.2, 0.25) is 15.9 Å². The largest absolute Gasteiger partial charge is 0.493 e. The van der Waals surface area contributed by atoms with Gasteiger partial charge in [0.15, 0.2) is 23.1 Å². The smallest absolute Gasteiger partial charge is 0.247 e. The molecule has 0 aliphatic rings. The number of methoxy groups -OCH3 is 2. The van der Waals surface area contributed by atoms with E-state index in [0.29, 0.717) is 21.5 Å². The molecule has 0 aliphatic heterocycles. The lowest BCUT2D eigenvalue weighted by Gasteiger charge is -2.28. The molecule has 0 saturated carbocycles. The summed E-state index contributed by atoms with van der Waals surface area (Å²) in [7, 11) is -1.08. The Kier molecular flexibility index (Phi) is 6.45. The van der Waals surface area contributed by atoms with Crippen molar-refractivity contribution in [3.63, 3.8) is 0 Å². The predicted molar refractivity (Wildman–Crippen MR) is 101 cm³/mol. The maximum Gasteiger partial charge on any atom is 0.247 e. The first-order valence-electron chi connectivity index (χ1n) is 8.05. The van der Waals surface area contributed by atoms with Crippen molar-refractivity contribution >= 4 is 27.3 Å². The maximum atomic E-state index is 13.6. The van der Waals surface area contributed by atoms with Gasteiger partial charge in [-0.15, -0.1) is 0 Å². The number of benzene rings is 2. The van der Waals surface area contributed by atoms with Crippen molar-refractivity contribution in [2.24, 2.45) is 0 Å². The van der Waals surface area contributed by atoms with Crippen LogP contribution in [0.2, 0.25) is 0 Å². The Hall–Kier alpha value is -2.88. The molecular weight excluding hydrogens is 394 g/mol. The lowest BCUT2D eigenvalue weighted by molar-refractivity contribution is -0.116. The van der Waals surface area contributed by atoms with Gasteiger partial charge in [0.05, 0.1) is 26.2 Å². The van der Waals surface area contributed by atoms with Gasteiger partial charge in [0.1, 0.15) is 6.04 Å². The minimum absolute atomic E-state index is 0.170. The number of carbonyl (C=O) groups excluding carboxylic acids is 1. The van der Waals surface area contributed by atoms with E-state index in [4.69, 9.17) is 9.47 Å². The van der Waals surface area contributed by atoms with Crippen LogP contribution in [0.25, 0.3) is 0 Å². The number of halogens is 2. The molecule has 2 aromatic rings. The van der Waals surface area contributed by atoms with E-state index >= 15 is 0 Å². The first kappa shape index (κ1) is 21.4. The molecule has 0 heterocycles. The molecule has 0 aromatic heterocycles. The van der Waals surface area contributed by atoms with Gasteiger partial charge in [-0.1, -0.05) is 0 Å². The summed E-state index contributed by atoms with van der Waals surface area (Å²) in [5, 5.41) is 2.57. The van der Waals surface area contributed by atoms with Crippen LogP contribution in [-0.2, 0) is 14.8 Å². The quantitative estimate of drug-likeness (QED) is 0.753. The molecule has 0 fully saturated rings. The molecule has 1 atom stereocenters. The second kappa shape index (κ2) is 8.42. The van der Waals surface area contributed by atoms with E-state index in [1.54, 1.807) is 12.1 Å². The maximum absolute atomic E-state index is 13.6. The number of ether oxygens (including phenoxy) is 2. The fraction of sp³-hybridized carbons (Fsp3) is 0.278. The molecule has 10 heteroatoms. The number of rotatable bonds is 7. The SMILES string of the molecule is COc1ccc(NC(=O)C(C)N(c2ccc(F)c(F)c2)S(C)(=O)=O)cc1OC. The zero-order chi connectivity index (χ0) is 21.1. The molecule has 0 spiro atoms. The van der Waals surface area contributed by atoms with Crippen LogP contribution >= 0.6 is 0 Å². The topological polar surface area (TPSA) is 84.9 Å². The molecule has 0 radical (unpaired) electrons. The summed E-state index contributed by atoms with van der Waals surface area (Å²) in [6.07, 6.45) is 0.869. The van der Waals surface area contributed by atoms with Gasteiger partial charge in [0.25, 0.3) is 0 Å². The zero-order valence-corrected chi connectivity index (χ0v) is 16.5. The van der Waals surface area contributed by atoms with Gasteiger partial charge >= 0.3 is 0 Å². The van der Waals surface area contributed by atoms with E-state index < -0.39 is 33.6 Å². The number of nitrogens with one attached hydrogen (secondary N) is 1. The molecule has 0 saturated heterocycles. The lowest BCUT2D eigenvalue weighted by atomic mass is 10.2. The predicted octanol–water partition coefficient (Wildman–Crippen LogP) is 2.78. The van der Waals surface area contributed by atoms with Gasteiger partial charge < -0.3 is 14.8 Å². The Morgan fingerprint density at radius 3 is 2.21 bits per heavy atom. The number of amides is 1. The highest BCUT2D eigenvalue weighted by molar-refractivity contribution is 7.92. The van der Waals surface area contributed by atoms with Crippen molar-refractivity contribution in [3.8, 4) is 11.5 Å². The van der Waals surface area contributed by atoms with Crippen LogP contribution in [0.3, 0.4) is 0 Å². The minimum Gasteiger partial charge on any atom is -0.493 e. The number of hydrogen-bond acceptors (Lipinski definition) is 5. The highest BCUT2D eigenvalue weighted by Gasteiger charge is 2.30. The van der Waals surface area contributed by atoms with E-state index in [1.807, 2.05) is 0 Å². The summed E-state index contributed by atoms with van der Waals surface area (Å²) in [5.41, 5.74) is 0.171. The molecule has 2 rings (SSSR count). The van der Waals surface area contributed by atoms with Crippen molar-refractivity contribution in [3.05, 3.63) is 48.0 Å². The van der Waals surface area contributed by atoms with E-state index in [1.165, 1.54) is 27.2 Å². The molecule has 0 bridgehead atoms. The highest BCUT2D eigenvalue weighted by atomic mass is 32.2. The van der Waals surface area contributed by atoms with Gasteiger partial charge in [0, 0.05) is 17.8 Å². The van der Waals surface area contributed by atoms with Gasteiger partial charge in [-0.05, 0) is 31.2 Å². The summed E-state index contributed by atoms with van der Waals surface area (Å²) in [6.45, 7) is 1.33. The van der Waals surface area contributed by atoms with E-state index in [0.717, 1.165) is 24.5 Å². The molecule has 0 aliphatic carbocycles. The number of nitrogens with zero attached hydrogens (tertiary/aromatic N) is 1. The Bertz CT molecular complexity index is 982. The summed E-state index contributed by atoms with van der Waals surface area (Å²) in [5.74, 6) is -2.21. The van der Waals surface area contributed by atoms with Gasteiger partial charge in [-0.25, -0.2) is 17.2 Å². The van der Waals surface area contributed by atoms with Crippen LogP contribution < -0.4 is 19.1 Å². The van der Waals surface area contributed by atoms with E-state index in [2.05, 4.69) is 5.32 Å². The summed E-state index contributed by atoms with van der Waals surface area (Å²) in [4.78, 5) is 12.6. The highest BCUT2D eigenvalue weighted by Crippen LogP contribution is 2.30. The Labute approximate surface area is 161 Å². The van der Waals surface area contributed by atoms with Crippen molar-refractivity contribution in [2.45, 2.75) is 13.0 Å². The monoisotopic (exact) mass is 414 g/mol. The van der Waals surface area contributed by atoms with Crippen LogP contribution in [0, 0.1) is 11.6 Å². The minimum atomic E-state index is -3.97. The number of hydrogen-bond donors (Lipinski definition) is 1. The average molecular weight is 414 g/mol. The number of anilines is 2. The zero-order valence-electron chi connectivity index (χ0n) is 15.7. The van der Waals surface area contributed by atoms with Gasteiger partial charge in [-0.3, -0.25) is 9.10 Å². The normalized spacial score (nSPS) is 12.2. The summed E-state index contributed by atoms with van der Waals surface area (Å²) >= 11 is 0. The fourth-order valence-electron chi connectivity index (χ4n) is 2.59. The lowest BCUT2D eigenvalue weighted by Crippen LogP contribution is -2.45. The summed E-state index contributed by atoms with van der Waals surface area (Å²) < 4.78 is 62.2. The van der Waals surface area contributed by atoms with Crippen LogP contribution in [0.4, 0.5) is 20.2 Å². The fourth-order valence-corrected chi connectivity index (χ4v) is 3.76. The third-order valence-electron chi connectivity index (χ3n) is 3.90. The van der Waals surface area contributed by atoms with E-state index in [-0.39, 0.29) is 5.69 Å². The molecule has 1 amide bonds. The van der Waals surface area contributed by atoms with Crippen LogP contribution in [0.5, 0.6) is 11.5 Å². The Morgan fingerprint density at radius 1 is 1.04 bits per heavy atom. The molecule has 1 unspecified atom stereocenters. The number of sulfonamides is 1. The molecule has 2 aromatic carbocycles. The second-order valence-electron chi connectivity index (χ2n) is 5.89. The third kappa shape index (κ3) is 4.69. The van der Waals surface area contributed by atoms with Crippen LogP contribution in [0.15, 0.2) is 36.4 Å². The van der Waals surface area contributed by atoms with Crippen LogP contribution in [0.1, 0.15) is 6.92 Å². The molecular formula is C18H20F2N2O5S. The van der Waals surface area contributed by atoms with Crippen molar-refractivity contribution < 1.29 is 31.5 Å². The van der Waals surface area contributed by atoms with Crippen molar-refractivity contribution in [1.82, 2.24) is 0 Å². The first-order valence-corrected chi connectivity index (χ1v) is 9.90. The second-order valence-corrected chi connectivity index (χ2v) is 7.75. The Balaban J connectivity index is 2.33. The van der Waals surface area contributed by atoms with Crippen LogP contribution in [-0.4, -0.2) is 40.8 Å². The van der Waals surface area contributed by atoms with Gasteiger partial charge in [-0.2, -0.15) is 0 Å². The molecule has 152 valence electrons. The first-order chi connectivity index (χ1) is 13.1. The summed E-state index contributed by atoms with van der Waals surface area (Å²) in [6, 6.07) is 5.98. The van der Waals surface area contributed by atoms with Crippen molar-refractivity contribution in [1.29, 1.82) is 0 Å². The number of carbonyl (C=O) groups is 1. The molecule has 1 N–H and O–H groups in total.